The van der Waals surface area contributed by atoms with Crippen molar-refractivity contribution in [2.45, 2.75) is 0 Å². The molecule has 21 heavy (non-hydrogen) atoms. The third kappa shape index (κ3) is 2.97. The van der Waals surface area contributed by atoms with E-state index in [4.69, 9.17) is 25.1 Å². The van der Waals surface area contributed by atoms with E-state index in [0.717, 1.165) is 0 Å². The molecule has 0 amide bonds. The molecule has 2 rings (SSSR count). The number of nitrogen functional groups attached to an aromatic ring is 1. The fraction of sp³-hybridized carbons (Fsp3) is 0.143. The van der Waals surface area contributed by atoms with Crippen molar-refractivity contribution in [3.05, 3.63) is 36.0 Å². The maximum Gasteiger partial charge on any atom is 0.354 e. The largest absolute Gasteiger partial charge is 0.493 e. The molecule has 7 heteroatoms. The summed E-state index contributed by atoms with van der Waals surface area (Å²) in [7, 11) is 2.96. The molecule has 1 aromatic heterocycles. The number of carbonyl (C=O) groups is 1. The van der Waals surface area contributed by atoms with Gasteiger partial charge in [-0.25, -0.2) is 9.78 Å². The summed E-state index contributed by atoms with van der Waals surface area (Å²) in [6.07, 6.45) is 0. The van der Waals surface area contributed by atoms with Crippen LogP contribution in [0.25, 0.3) is 0 Å². The third-order valence-corrected chi connectivity index (χ3v) is 2.69. The van der Waals surface area contributed by atoms with E-state index in [1.54, 1.807) is 18.2 Å². The quantitative estimate of drug-likeness (QED) is 0.869. The molecule has 0 atom stereocenters. The number of anilines is 1. The van der Waals surface area contributed by atoms with Crippen molar-refractivity contribution in [1.82, 2.24) is 4.98 Å². The van der Waals surface area contributed by atoms with Crippen molar-refractivity contribution < 1.29 is 24.1 Å². The zero-order valence-corrected chi connectivity index (χ0v) is 11.5. The van der Waals surface area contributed by atoms with E-state index < -0.39 is 5.97 Å². The van der Waals surface area contributed by atoms with Gasteiger partial charge in [-0.15, -0.1) is 0 Å². The summed E-state index contributed by atoms with van der Waals surface area (Å²) in [6, 6.07) is 7.79. The van der Waals surface area contributed by atoms with Gasteiger partial charge in [0.1, 0.15) is 0 Å². The number of aromatic carboxylic acids is 1. The summed E-state index contributed by atoms with van der Waals surface area (Å²) in [6.45, 7) is 0. The maximum absolute atomic E-state index is 11.0. The lowest BCUT2D eigenvalue weighted by Gasteiger charge is -2.14. The predicted octanol–water partition coefficient (Wildman–Crippen LogP) is 2.17. The molecule has 0 bridgehead atoms. The number of hydrogen-bond donors (Lipinski definition) is 2. The first kappa shape index (κ1) is 14.4. The molecule has 2 aromatic rings. The van der Waals surface area contributed by atoms with Crippen molar-refractivity contribution >= 4 is 11.7 Å². The smallest absolute Gasteiger partial charge is 0.354 e. The Labute approximate surface area is 120 Å². The van der Waals surface area contributed by atoms with Crippen molar-refractivity contribution in [2.75, 3.05) is 20.0 Å². The van der Waals surface area contributed by atoms with Crippen molar-refractivity contribution in [1.29, 1.82) is 0 Å². The molecule has 0 aliphatic carbocycles. The first-order chi connectivity index (χ1) is 10.1. The molecular weight excluding hydrogens is 276 g/mol. The lowest BCUT2D eigenvalue weighted by atomic mass is 10.3. The molecule has 0 aliphatic rings. The Morgan fingerprint density at radius 2 is 1.76 bits per heavy atom. The molecule has 110 valence electrons. The Bertz CT molecular complexity index is 650. The van der Waals surface area contributed by atoms with E-state index in [-0.39, 0.29) is 23.0 Å². The number of ether oxygens (including phenoxy) is 3. The first-order valence-corrected chi connectivity index (χ1v) is 5.95. The highest BCUT2D eigenvalue weighted by Crippen LogP contribution is 2.40. The Morgan fingerprint density at radius 1 is 1.14 bits per heavy atom. The second-order valence-electron chi connectivity index (χ2n) is 3.99. The Kier molecular flexibility index (Phi) is 4.13. The Morgan fingerprint density at radius 3 is 2.29 bits per heavy atom. The SMILES string of the molecule is COc1cccc(OC)c1Oc1nc(C(=O)O)ccc1N. The molecule has 7 nitrogen and oxygen atoms in total. The average molecular weight is 290 g/mol. The molecule has 3 N–H and O–H groups in total. The normalized spacial score (nSPS) is 10.0. The monoisotopic (exact) mass is 290 g/mol. The highest BCUT2D eigenvalue weighted by atomic mass is 16.5. The van der Waals surface area contributed by atoms with Crippen LogP contribution in [-0.2, 0) is 0 Å². The van der Waals surface area contributed by atoms with Crippen molar-refractivity contribution in [3.63, 3.8) is 0 Å². The Hall–Kier alpha value is -2.96. The number of aromatic nitrogens is 1. The van der Waals surface area contributed by atoms with Crippen LogP contribution in [0.4, 0.5) is 5.69 Å². The second kappa shape index (κ2) is 6.00. The number of pyridine rings is 1. The molecule has 0 spiro atoms. The van der Waals surface area contributed by atoms with Crippen LogP contribution in [-0.4, -0.2) is 30.3 Å². The fourth-order valence-electron chi connectivity index (χ4n) is 1.67. The molecule has 0 fully saturated rings. The standard InChI is InChI=1S/C14H14N2O5/c1-19-10-4-3-5-11(20-2)12(10)21-13-8(15)6-7-9(16-13)14(17)18/h3-7H,15H2,1-2H3,(H,17,18). The van der Waals surface area contributed by atoms with Gasteiger partial charge in [-0.05, 0) is 24.3 Å². The van der Waals surface area contributed by atoms with Crippen LogP contribution in [0.15, 0.2) is 30.3 Å². The van der Waals surface area contributed by atoms with Crippen LogP contribution in [0.1, 0.15) is 10.5 Å². The fourth-order valence-corrected chi connectivity index (χ4v) is 1.67. The van der Waals surface area contributed by atoms with E-state index in [1.807, 2.05) is 0 Å². The zero-order chi connectivity index (χ0) is 15.4. The predicted molar refractivity (Wildman–Crippen MR) is 75.2 cm³/mol. The molecule has 0 saturated carbocycles. The summed E-state index contributed by atoms with van der Waals surface area (Å²) >= 11 is 0. The van der Waals surface area contributed by atoms with E-state index in [0.29, 0.717) is 11.5 Å². The van der Waals surface area contributed by atoms with Gasteiger partial charge in [0.25, 0.3) is 0 Å². The van der Waals surface area contributed by atoms with Gasteiger partial charge < -0.3 is 25.1 Å². The summed E-state index contributed by atoms with van der Waals surface area (Å²) in [4.78, 5) is 14.8. The molecule has 0 radical (unpaired) electrons. The molecule has 0 saturated heterocycles. The number of carboxylic acids is 1. The van der Waals surface area contributed by atoms with Crippen molar-refractivity contribution in [2.24, 2.45) is 0 Å². The van der Waals surface area contributed by atoms with E-state index in [2.05, 4.69) is 4.98 Å². The highest BCUT2D eigenvalue weighted by Gasteiger charge is 2.16. The summed E-state index contributed by atoms with van der Waals surface area (Å²) < 4.78 is 16.0. The Balaban J connectivity index is 2.47. The third-order valence-electron chi connectivity index (χ3n) is 2.69. The average Bonchev–Trinajstić information content (AvgIpc) is 2.49. The van der Waals surface area contributed by atoms with Gasteiger partial charge >= 0.3 is 5.97 Å². The van der Waals surface area contributed by atoms with Gasteiger partial charge in [0, 0.05) is 0 Å². The van der Waals surface area contributed by atoms with Gasteiger partial charge in [0.2, 0.25) is 11.6 Å². The summed E-state index contributed by atoms with van der Waals surface area (Å²) in [5.74, 6) is -0.110. The second-order valence-corrected chi connectivity index (χ2v) is 3.99. The van der Waals surface area contributed by atoms with Gasteiger partial charge in [-0.1, -0.05) is 6.07 Å². The topological polar surface area (TPSA) is 104 Å². The van der Waals surface area contributed by atoms with E-state index >= 15 is 0 Å². The molecular formula is C14H14N2O5. The van der Waals surface area contributed by atoms with Crippen LogP contribution < -0.4 is 19.9 Å². The van der Waals surface area contributed by atoms with Crippen LogP contribution in [0.2, 0.25) is 0 Å². The molecule has 0 unspecified atom stereocenters. The minimum absolute atomic E-state index is 0.0299. The summed E-state index contributed by atoms with van der Waals surface area (Å²) in [5, 5.41) is 8.96. The maximum atomic E-state index is 11.0. The number of nitrogens with two attached hydrogens (primary N) is 1. The minimum Gasteiger partial charge on any atom is -0.493 e. The van der Waals surface area contributed by atoms with Crippen LogP contribution >= 0.6 is 0 Å². The zero-order valence-electron chi connectivity index (χ0n) is 11.5. The lowest BCUT2D eigenvalue weighted by Crippen LogP contribution is -2.04. The van der Waals surface area contributed by atoms with E-state index in [1.165, 1.54) is 26.4 Å². The van der Waals surface area contributed by atoms with Crippen molar-refractivity contribution in [3.8, 4) is 23.1 Å². The minimum atomic E-state index is -1.17. The van der Waals surface area contributed by atoms with Gasteiger partial charge in [0.05, 0.1) is 19.9 Å². The van der Waals surface area contributed by atoms with E-state index in [9.17, 15) is 4.79 Å². The highest BCUT2D eigenvalue weighted by molar-refractivity contribution is 5.86. The number of methoxy groups -OCH3 is 2. The number of carboxylic acid groups (broad SMARTS) is 1. The first-order valence-electron chi connectivity index (χ1n) is 5.95. The van der Waals surface area contributed by atoms with Gasteiger partial charge in [0.15, 0.2) is 17.2 Å². The molecule has 0 aliphatic heterocycles. The number of hydrogen-bond acceptors (Lipinski definition) is 6. The summed E-state index contributed by atoms with van der Waals surface area (Å²) in [5.41, 5.74) is 5.79. The molecule has 1 aromatic carbocycles. The van der Waals surface area contributed by atoms with Gasteiger partial charge in [-0.2, -0.15) is 0 Å². The lowest BCUT2D eigenvalue weighted by molar-refractivity contribution is 0.0689. The number of nitrogens with zero attached hydrogens (tertiary/aromatic N) is 1. The van der Waals surface area contributed by atoms with Gasteiger partial charge in [-0.3, -0.25) is 0 Å². The number of rotatable bonds is 5. The number of para-hydroxylation sites is 1. The molecule has 1 heterocycles. The number of benzene rings is 1. The van der Waals surface area contributed by atoms with Crippen LogP contribution in [0.3, 0.4) is 0 Å². The van der Waals surface area contributed by atoms with Crippen LogP contribution in [0.5, 0.6) is 23.1 Å². The van der Waals surface area contributed by atoms with Crippen LogP contribution in [0, 0.1) is 0 Å².